The third-order valence-electron chi connectivity index (χ3n) is 3.91. The Bertz CT molecular complexity index is 967. The summed E-state index contributed by atoms with van der Waals surface area (Å²) in [6.45, 7) is 5.27. The third-order valence-corrected chi connectivity index (χ3v) is 4.88. The Balaban J connectivity index is 1.58. The summed E-state index contributed by atoms with van der Waals surface area (Å²) in [5, 5.41) is 12.8. The summed E-state index contributed by atoms with van der Waals surface area (Å²) in [4.78, 5) is 27.9. The summed E-state index contributed by atoms with van der Waals surface area (Å²) < 4.78 is 0. The molecule has 0 saturated carbocycles. The van der Waals surface area contributed by atoms with Crippen LogP contribution in [-0.4, -0.2) is 32.2 Å². The number of thioether (sulfide) groups is 1. The highest BCUT2D eigenvalue weighted by atomic mass is 32.2. The summed E-state index contributed by atoms with van der Waals surface area (Å²) in [5.74, 6) is 0.376. The van der Waals surface area contributed by atoms with Crippen molar-refractivity contribution in [1.82, 2.24) is 15.2 Å². The van der Waals surface area contributed by atoms with Gasteiger partial charge < -0.3 is 10.6 Å². The fourth-order valence-electron chi connectivity index (χ4n) is 2.44. The fraction of sp³-hybridized carbons (Fsp3) is 0.200. The number of amides is 2. The van der Waals surface area contributed by atoms with Crippen LogP contribution in [0.15, 0.2) is 53.7 Å². The van der Waals surface area contributed by atoms with Crippen molar-refractivity contribution in [2.24, 2.45) is 0 Å². The molecule has 3 N–H and O–H groups in total. The van der Waals surface area contributed by atoms with E-state index in [2.05, 4.69) is 25.8 Å². The molecule has 0 saturated heterocycles. The van der Waals surface area contributed by atoms with Gasteiger partial charge in [-0.25, -0.2) is 4.98 Å². The van der Waals surface area contributed by atoms with Crippen LogP contribution in [0, 0.1) is 6.92 Å². The highest BCUT2D eigenvalue weighted by Crippen LogP contribution is 2.24. The number of benzene rings is 2. The number of hydrogen-bond acceptors (Lipinski definition) is 5. The van der Waals surface area contributed by atoms with Crippen LogP contribution in [0.3, 0.4) is 0 Å². The molecular formula is C20H21N5O2S. The van der Waals surface area contributed by atoms with E-state index in [4.69, 9.17) is 0 Å². The molecule has 0 unspecified atom stereocenters. The van der Waals surface area contributed by atoms with Gasteiger partial charge in [0, 0.05) is 23.9 Å². The average molecular weight is 395 g/mol. The van der Waals surface area contributed by atoms with Gasteiger partial charge in [-0.05, 0) is 38.1 Å². The van der Waals surface area contributed by atoms with Crippen molar-refractivity contribution in [1.29, 1.82) is 0 Å². The molecule has 28 heavy (non-hydrogen) atoms. The van der Waals surface area contributed by atoms with Crippen LogP contribution >= 0.6 is 11.8 Å². The van der Waals surface area contributed by atoms with E-state index < -0.39 is 0 Å². The molecule has 1 atom stereocenters. The summed E-state index contributed by atoms with van der Waals surface area (Å²) in [6, 6.07) is 14.9. The Labute approximate surface area is 167 Å². The topological polar surface area (TPSA) is 99.8 Å². The molecule has 0 aliphatic carbocycles. The standard InChI is InChI=1S/C20H21N5O2S/c1-12-4-6-15(7-5-12)18-23-20(25-24-18)28-13(2)19(27)22-17-10-8-16(9-11-17)21-14(3)26/h4-11,13H,1-3H3,(H,21,26)(H,22,27)(H,23,24,25)/t13-/m1/s1. The van der Waals surface area contributed by atoms with Gasteiger partial charge in [0.15, 0.2) is 5.82 Å². The van der Waals surface area contributed by atoms with E-state index in [1.54, 1.807) is 31.2 Å². The van der Waals surface area contributed by atoms with Gasteiger partial charge >= 0.3 is 0 Å². The summed E-state index contributed by atoms with van der Waals surface area (Å²) >= 11 is 1.28. The predicted molar refractivity (Wildman–Crippen MR) is 111 cm³/mol. The molecule has 3 aromatic rings. The Morgan fingerprint density at radius 3 is 2.21 bits per heavy atom. The van der Waals surface area contributed by atoms with Crippen molar-refractivity contribution in [3.05, 3.63) is 54.1 Å². The van der Waals surface area contributed by atoms with Crippen molar-refractivity contribution in [3.63, 3.8) is 0 Å². The maximum atomic E-state index is 12.4. The zero-order valence-corrected chi connectivity index (χ0v) is 16.6. The van der Waals surface area contributed by atoms with Gasteiger partial charge in [-0.2, -0.15) is 0 Å². The zero-order valence-electron chi connectivity index (χ0n) is 15.8. The minimum Gasteiger partial charge on any atom is -0.326 e. The summed E-state index contributed by atoms with van der Waals surface area (Å²) in [5.41, 5.74) is 3.45. The van der Waals surface area contributed by atoms with Crippen molar-refractivity contribution < 1.29 is 9.59 Å². The third kappa shape index (κ3) is 5.20. The van der Waals surface area contributed by atoms with E-state index in [9.17, 15) is 9.59 Å². The quantitative estimate of drug-likeness (QED) is 0.551. The van der Waals surface area contributed by atoms with E-state index in [0.29, 0.717) is 22.4 Å². The van der Waals surface area contributed by atoms with Crippen molar-refractivity contribution in [2.75, 3.05) is 10.6 Å². The molecule has 2 amide bonds. The summed E-state index contributed by atoms with van der Waals surface area (Å²) in [7, 11) is 0. The van der Waals surface area contributed by atoms with Gasteiger partial charge in [-0.1, -0.05) is 41.6 Å². The van der Waals surface area contributed by atoms with E-state index in [0.717, 1.165) is 5.56 Å². The first-order chi connectivity index (χ1) is 13.4. The molecule has 1 heterocycles. The van der Waals surface area contributed by atoms with Gasteiger partial charge in [0.1, 0.15) is 0 Å². The zero-order chi connectivity index (χ0) is 20.1. The Kier molecular flexibility index (Phi) is 6.10. The van der Waals surface area contributed by atoms with Crippen LogP contribution in [-0.2, 0) is 9.59 Å². The normalized spacial score (nSPS) is 11.7. The van der Waals surface area contributed by atoms with E-state index in [1.807, 2.05) is 31.2 Å². The number of nitrogens with zero attached hydrogens (tertiary/aromatic N) is 2. The Morgan fingerprint density at radius 2 is 1.61 bits per heavy atom. The largest absolute Gasteiger partial charge is 0.326 e. The maximum Gasteiger partial charge on any atom is 0.237 e. The number of carbonyl (C=O) groups is 2. The maximum absolute atomic E-state index is 12.4. The van der Waals surface area contributed by atoms with Crippen molar-refractivity contribution in [2.45, 2.75) is 31.2 Å². The van der Waals surface area contributed by atoms with Crippen LogP contribution in [0.4, 0.5) is 11.4 Å². The van der Waals surface area contributed by atoms with Gasteiger partial charge in [-0.3, -0.25) is 14.7 Å². The van der Waals surface area contributed by atoms with Gasteiger partial charge in [0.25, 0.3) is 0 Å². The van der Waals surface area contributed by atoms with Gasteiger partial charge in [0.05, 0.1) is 5.25 Å². The van der Waals surface area contributed by atoms with Crippen molar-refractivity contribution in [3.8, 4) is 11.4 Å². The number of aromatic nitrogens is 3. The second-order valence-corrected chi connectivity index (χ2v) is 7.65. The van der Waals surface area contributed by atoms with Gasteiger partial charge in [0.2, 0.25) is 17.0 Å². The average Bonchev–Trinajstić information content (AvgIpc) is 3.12. The molecule has 144 valence electrons. The molecule has 2 aromatic carbocycles. The molecule has 0 radical (unpaired) electrons. The lowest BCUT2D eigenvalue weighted by Crippen LogP contribution is -2.22. The summed E-state index contributed by atoms with van der Waals surface area (Å²) in [6.07, 6.45) is 0. The number of aromatic amines is 1. The second kappa shape index (κ2) is 8.71. The van der Waals surface area contributed by atoms with Crippen LogP contribution < -0.4 is 10.6 Å². The number of carbonyl (C=O) groups excluding carboxylic acids is 2. The molecule has 0 spiro atoms. The number of nitrogens with one attached hydrogen (secondary N) is 3. The van der Waals surface area contributed by atoms with Gasteiger partial charge in [-0.15, -0.1) is 5.10 Å². The first-order valence-electron chi connectivity index (χ1n) is 8.75. The molecule has 0 aliphatic rings. The van der Waals surface area contributed by atoms with E-state index >= 15 is 0 Å². The smallest absolute Gasteiger partial charge is 0.237 e. The molecule has 0 aliphatic heterocycles. The minimum absolute atomic E-state index is 0.140. The first-order valence-corrected chi connectivity index (χ1v) is 9.63. The monoisotopic (exact) mass is 395 g/mol. The highest BCUT2D eigenvalue weighted by Gasteiger charge is 2.17. The van der Waals surface area contributed by atoms with Crippen LogP contribution in [0.1, 0.15) is 19.4 Å². The molecule has 3 rings (SSSR count). The van der Waals surface area contributed by atoms with Crippen molar-refractivity contribution >= 4 is 35.0 Å². The molecule has 0 fully saturated rings. The lowest BCUT2D eigenvalue weighted by atomic mass is 10.1. The molecule has 1 aromatic heterocycles. The predicted octanol–water partition coefficient (Wildman–Crippen LogP) is 3.86. The molecule has 8 heteroatoms. The SMILES string of the molecule is CC(=O)Nc1ccc(NC(=O)[C@@H](C)Sc2n[nH]c(-c3ccc(C)cc3)n2)cc1. The minimum atomic E-state index is -0.378. The lowest BCUT2D eigenvalue weighted by molar-refractivity contribution is -0.115. The molecule has 7 nitrogen and oxygen atoms in total. The fourth-order valence-corrected chi connectivity index (χ4v) is 3.16. The van der Waals surface area contributed by atoms with Crippen LogP contribution in [0.2, 0.25) is 0 Å². The molecule has 0 bridgehead atoms. The molecular weight excluding hydrogens is 374 g/mol. The number of anilines is 2. The highest BCUT2D eigenvalue weighted by molar-refractivity contribution is 8.00. The Hall–Kier alpha value is -3.13. The number of hydrogen-bond donors (Lipinski definition) is 3. The second-order valence-electron chi connectivity index (χ2n) is 6.34. The van der Waals surface area contributed by atoms with E-state index in [-0.39, 0.29) is 17.1 Å². The van der Waals surface area contributed by atoms with E-state index in [1.165, 1.54) is 24.2 Å². The lowest BCUT2D eigenvalue weighted by Gasteiger charge is -2.10. The number of aryl methyl sites for hydroxylation is 1. The van der Waals surface area contributed by atoms with Crippen LogP contribution in [0.5, 0.6) is 0 Å². The number of rotatable bonds is 6. The van der Waals surface area contributed by atoms with Crippen LogP contribution in [0.25, 0.3) is 11.4 Å². The first kappa shape index (κ1) is 19.6. The number of H-pyrrole nitrogens is 1. The Morgan fingerprint density at radius 1 is 1.00 bits per heavy atom.